The minimum Gasteiger partial charge on any atom is -0.508 e. The lowest BCUT2D eigenvalue weighted by molar-refractivity contribution is -0.120. The van der Waals surface area contributed by atoms with Crippen molar-refractivity contribution in [3.05, 3.63) is 59.4 Å². The van der Waals surface area contributed by atoms with Crippen LogP contribution in [0.15, 0.2) is 42.6 Å². The van der Waals surface area contributed by atoms with Crippen LogP contribution in [0.4, 0.5) is 0 Å². The summed E-state index contributed by atoms with van der Waals surface area (Å²) in [6, 6.07) is 9.25. The maximum Gasteiger partial charge on any atom is 0.335 e. The number of nitrogens with one attached hydrogen (secondary N) is 1. The van der Waals surface area contributed by atoms with Crippen LogP contribution < -0.4 is 5.32 Å². The van der Waals surface area contributed by atoms with Crippen LogP contribution in [0.2, 0.25) is 0 Å². The lowest BCUT2D eigenvalue weighted by Gasteiger charge is -2.06. The van der Waals surface area contributed by atoms with Gasteiger partial charge >= 0.3 is 5.97 Å². The summed E-state index contributed by atoms with van der Waals surface area (Å²) in [5, 5.41) is 20.8. The van der Waals surface area contributed by atoms with Gasteiger partial charge in [0.2, 0.25) is 5.91 Å². The predicted octanol–water partition coefficient (Wildman–Crippen LogP) is 1.34. The Balaban J connectivity index is 1.92. The molecule has 3 N–H and O–H groups in total. The number of hydrogen-bond donors (Lipinski definition) is 3. The van der Waals surface area contributed by atoms with Crippen LogP contribution in [-0.2, 0) is 17.8 Å². The van der Waals surface area contributed by atoms with Crippen molar-refractivity contribution in [1.82, 2.24) is 10.3 Å². The molecule has 2 aromatic rings. The maximum atomic E-state index is 11.8. The van der Waals surface area contributed by atoms with Gasteiger partial charge in [0, 0.05) is 6.20 Å². The van der Waals surface area contributed by atoms with Crippen LogP contribution >= 0.6 is 0 Å². The van der Waals surface area contributed by atoms with Gasteiger partial charge < -0.3 is 15.5 Å². The van der Waals surface area contributed by atoms with E-state index in [4.69, 9.17) is 5.11 Å². The number of benzene rings is 1. The Kier molecular flexibility index (Phi) is 4.50. The number of aromatic hydroxyl groups is 1. The zero-order valence-corrected chi connectivity index (χ0v) is 11.1. The van der Waals surface area contributed by atoms with Gasteiger partial charge in [0.15, 0.2) is 0 Å². The Bertz CT molecular complexity index is 670. The molecule has 0 unspecified atom stereocenters. The van der Waals surface area contributed by atoms with E-state index in [2.05, 4.69) is 10.3 Å². The van der Waals surface area contributed by atoms with Crippen molar-refractivity contribution in [1.29, 1.82) is 0 Å². The van der Waals surface area contributed by atoms with E-state index < -0.39 is 5.97 Å². The zero-order chi connectivity index (χ0) is 15.2. The van der Waals surface area contributed by atoms with E-state index in [0.29, 0.717) is 11.3 Å². The van der Waals surface area contributed by atoms with Gasteiger partial charge in [-0.15, -0.1) is 0 Å². The predicted molar refractivity (Wildman–Crippen MR) is 74.9 cm³/mol. The van der Waals surface area contributed by atoms with Gasteiger partial charge in [-0.2, -0.15) is 0 Å². The molecular formula is C15H14N2O4. The molecule has 1 heterocycles. The molecular weight excluding hydrogens is 272 g/mol. The molecule has 21 heavy (non-hydrogen) atoms. The molecule has 0 aliphatic carbocycles. The number of rotatable bonds is 5. The molecule has 6 heteroatoms. The highest BCUT2D eigenvalue weighted by Crippen LogP contribution is 2.11. The third-order valence-electron chi connectivity index (χ3n) is 2.81. The molecule has 6 nitrogen and oxygen atoms in total. The molecule has 0 aliphatic heterocycles. The van der Waals surface area contributed by atoms with E-state index in [-0.39, 0.29) is 30.2 Å². The highest BCUT2D eigenvalue weighted by atomic mass is 16.4. The quantitative estimate of drug-likeness (QED) is 0.770. The SMILES string of the molecule is O=C(Cc1cccc(O)c1)NCc1cc(C(=O)O)ccn1. The van der Waals surface area contributed by atoms with Crippen LogP contribution in [0.5, 0.6) is 5.75 Å². The lowest BCUT2D eigenvalue weighted by atomic mass is 10.1. The summed E-state index contributed by atoms with van der Waals surface area (Å²) in [5.74, 6) is -1.16. The van der Waals surface area contributed by atoms with Crippen molar-refractivity contribution in [2.24, 2.45) is 0 Å². The van der Waals surface area contributed by atoms with Gasteiger partial charge in [-0.05, 0) is 29.8 Å². The number of phenols is 1. The number of phenolic OH excluding ortho intramolecular Hbond substituents is 1. The smallest absolute Gasteiger partial charge is 0.335 e. The van der Waals surface area contributed by atoms with E-state index >= 15 is 0 Å². The van der Waals surface area contributed by atoms with Gasteiger partial charge in [0.25, 0.3) is 0 Å². The molecule has 0 saturated carbocycles. The Morgan fingerprint density at radius 1 is 1.19 bits per heavy atom. The monoisotopic (exact) mass is 286 g/mol. The van der Waals surface area contributed by atoms with E-state index in [1.54, 1.807) is 12.1 Å². The first-order chi connectivity index (χ1) is 10.0. The summed E-state index contributed by atoms with van der Waals surface area (Å²) in [6.07, 6.45) is 1.52. The second-order valence-corrected chi connectivity index (χ2v) is 4.46. The van der Waals surface area contributed by atoms with Gasteiger partial charge in [0.1, 0.15) is 5.75 Å². The molecule has 0 saturated heterocycles. The molecule has 108 valence electrons. The van der Waals surface area contributed by atoms with Gasteiger partial charge in [-0.25, -0.2) is 4.79 Å². The number of pyridine rings is 1. The van der Waals surface area contributed by atoms with Gasteiger partial charge in [-0.1, -0.05) is 12.1 Å². The first-order valence-corrected chi connectivity index (χ1v) is 6.27. The van der Waals surface area contributed by atoms with E-state index in [1.165, 1.54) is 30.5 Å². The fraction of sp³-hybridized carbons (Fsp3) is 0.133. The van der Waals surface area contributed by atoms with Crippen molar-refractivity contribution in [2.45, 2.75) is 13.0 Å². The van der Waals surface area contributed by atoms with Crippen LogP contribution in [0.25, 0.3) is 0 Å². The normalized spacial score (nSPS) is 10.1. The summed E-state index contributed by atoms with van der Waals surface area (Å²) in [5.41, 5.74) is 1.29. The average Bonchev–Trinajstić information content (AvgIpc) is 2.45. The molecule has 0 bridgehead atoms. The Labute approximate surface area is 121 Å². The molecule has 0 aliphatic rings. The summed E-state index contributed by atoms with van der Waals surface area (Å²) in [7, 11) is 0. The van der Waals surface area contributed by atoms with Crippen molar-refractivity contribution >= 4 is 11.9 Å². The third kappa shape index (κ3) is 4.31. The maximum absolute atomic E-state index is 11.8. The second-order valence-electron chi connectivity index (χ2n) is 4.46. The molecule has 1 aromatic carbocycles. The number of aromatic nitrogens is 1. The molecule has 2 rings (SSSR count). The van der Waals surface area contributed by atoms with Crippen LogP contribution in [0.1, 0.15) is 21.6 Å². The summed E-state index contributed by atoms with van der Waals surface area (Å²) in [6.45, 7) is 0.152. The Morgan fingerprint density at radius 2 is 2.00 bits per heavy atom. The van der Waals surface area contributed by atoms with Crippen molar-refractivity contribution in [3.8, 4) is 5.75 Å². The summed E-state index contributed by atoms with van der Waals surface area (Å²) >= 11 is 0. The minimum atomic E-state index is -1.04. The van der Waals surface area contributed by atoms with E-state index in [1.807, 2.05) is 0 Å². The number of carbonyl (C=O) groups is 2. The summed E-state index contributed by atoms with van der Waals surface area (Å²) < 4.78 is 0. The number of carboxylic acids is 1. The molecule has 0 spiro atoms. The number of hydrogen-bond acceptors (Lipinski definition) is 4. The van der Waals surface area contributed by atoms with Gasteiger partial charge in [0.05, 0.1) is 24.2 Å². The number of amides is 1. The summed E-state index contributed by atoms with van der Waals surface area (Å²) in [4.78, 5) is 26.6. The third-order valence-corrected chi connectivity index (χ3v) is 2.81. The van der Waals surface area contributed by atoms with Crippen molar-refractivity contribution < 1.29 is 19.8 Å². The molecule has 1 aromatic heterocycles. The van der Waals surface area contributed by atoms with Gasteiger partial charge in [-0.3, -0.25) is 9.78 Å². The minimum absolute atomic E-state index is 0.108. The second kappa shape index (κ2) is 6.51. The highest BCUT2D eigenvalue weighted by Gasteiger charge is 2.07. The molecule has 1 amide bonds. The fourth-order valence-electron chi connectivity index (χ4n) is 1.81. The topological polar surface area (TPSA) is 99.5 Å². The first-order valence-electron chi connectivity index (χ1n) is 6.27. The van der Waals surface area contributed by atoms with Crippen LogP contribution in [0, 0.1) is 0 Å². The molecule has 0 fully saturated rings. The van der Waals surface area contributed by atoms with E-state index in [0.717, 1.165) is 0 Å². The van der Waals surface area contributed by atoms with Crippen molar-refractivity contribution in [2.75, 3.05) is 0 Å². The van der Waals surface area contributed by atoms with Crippen LogP contribution in [-0.4, -0.2) is 27.1 Å². The number of carbonyl (C=O) groups excluding carboxylic acids is 1. The number of aromatic carboxylic acids is 1. The average molecular weight is 286 g/mol. The Hall–Kier alpha value is -2.89. The molecule has 0 atom stereocenters. The number of nitrogens with zero attached hydrogens (tertiary/aromatic N) is 1. The standard InChI is InChI=1S/C15H14N2O4/c18-13-3-1-2-10(6-13)7-14(19)17-9-12-8-11(15(20)21)4-5-16-12/h1-6,8,18H,7,9H2,(H,17,19)(H,20,21). The van der Waals surface area contributed by atoms with Crippen molar-refractivity contribution in [3.63, 3.8) is 0 Å². The largest absolute Gasteiger partial charge is 0.508 e. The fourth-order valence-corrected chi connectivity index (χ4v) is 1.81. The Morgan fingerprint density at radius 3 is 2.71 bits per heavy atom. The first kappa shape index (κ1) is 14.5. The van der Waals surface area contributed by atoms with Crippen LogP contribution in [0.3, 0.4) is 0 Å². The molecule has 0 radical (unpaired) electrons. The lowest BCUT2D eigenvalue weighted by Crippen LogP contribution is -2.25. The van der Waals surface area contributed by atoms with E-state index in [9.17, 15) is 14.7 Å². The number of carboxylic acid groups (broad SMARTS) is 1. The zero-order valence-electron chi connectivity index (χ0n) is 11.1. The highest BCUT2D eigenvalue weighted by molar-refractivity contribution is 5.87.